The molecule has 9 fully saturated rings. The summed E-state index contributed by atoms with van der Waals surface area (Å²) in [4.78, 5) is 2.77. The quantitative estimate of drug-likeness (QED) is 0.574. The van der Waals surface area contributed by atoms with Crippen molar-refractivity contribution in [3.05, 3.63) is 12.2 Å². The zero-order valence-corrected chi connectivity index (χ0v) is 14.2. The van der Waals surface area contributed by atoms with Gasteiger partial charge in [-0.3, -0.25) is 4.90 Å². The van der Waals surface area contributed by atoms with Gasteiger partial charge in [0.1, 0.15) is 0 Å². The minimum atomic E-state index is -0.439. The van der Waals surface area contributed by atoms with Gasteiger partial charge in [-0.2, -0.15) is 0 Å². The number of aliphatic hydroxyl groups excluding tert-OH is 3. The Morgan fingerprint density at radius 3 is 2.67 bits per heavy atom. The number of rotatable bonds is 0. The van der Waals surface area contributed by atoms with Crippen molar-refractivity contribution in [1.29, 1.82) is 0 Å². The number of fused-ring (bicyclic) bond motifs is 1. The van der Waals surface area contributed by atoms with Gasteiger partial charge in [-0.1, -0.05) is 13.5 Å². The van der Waals surface area contributed by atoms with E-state index in [0.29, 0.717) is 23.9 Å². The molecule has 4 heteroatoms. The molecule has 9 aliphatic rings. The summed E-state index contributed by atoms with van der Waals surface area (Å²) in [6.45, 7) is 7.69. The number of hydrogen-bond donors (Lipinski definition) is 3. The second-order valence-electron chi connectivity index (χ2n) is 10.7. The summed E-state index contributed by atoms with van der Waals surface area (Å²) in [6, 6.07) is 1.04. The third-order valence-electron chi connectivity index (χ3n) is 10.3. The molecule has 3 saturated heterocycles. The lowest BCUT2D eigenvalue weighted by atomic mass is 9.39. The largest absolute Gasteiger partial charge is 0.393 e. The smallest absolute Gasteiger partial charge is 0.0815 e. The fourth-order valence-electron chi connectivity index (χ4n) is 10.6. The maximum Gasteiger partial charge on any atom is 0.0815 e. The van der Waals surface area contributed by atoms with E-state index < -0.39 is 6.10 Å². The monoisotopic (exact) mass is 329 g/mol. The van der Waals surface area contributed by atoms with Crippen molar-refractivity contribution in [2.75, 3.05) is 6.54 Å². The van der Waals surface area contributed by atoms with Gasteiger partial charge < -0.3 is 15.3 Å². The van der Waals surface area contributed by atoms with Gasteiger partial charge in [-0.05, 0) is 53.9 Å². The van der Waals surface area contributed by atoms with E-state index in [4.69, 9.17) is 0 Å². The van der Waals surface area contributed by atoms with Crippen LogP contribution in [0.2, 0.25) is 0 Å². The average Bonchev–Trinajstić information content (AvgIpc) is 2.92. The first-order valence-electron chi connectivity index (χ1n) is 9.85. The first-order valence-corrected chi connectivity index (χ1v) is 9.85. The van der Waals surface area contributed by atoms with Crippen LogP contribution in [0.5, 0.6) is 0 Å². The molecule has 0 aromatic heterocycles. The fraction of sp³-hybridized carbons (Fsp3) is 0.900. The molecule has 0 amide bonds. The third-order valence-corrected chi connectivity index (χ3v) is 10.3. The predicted molar refractivity (Wildman–Crippen MR) is 86.8 cm³/mol. The lowest BCUT2D eigenvalue weighted by molar-refractivity contribution is -0.220. The lowest BCUT2D eigenvalue weighted by Gasteiger charge is -2.66. The van der Waals surface area contributed by atoms with Gasteiger partial charge in [0.25, 0.3) is 0 Å². The second-order valence-corrected chi connectivity index (χ2v) is 10.7. The molecule has 9 rings (SSSR count). The molecular weight excluding hydrogens is 302 g/mol. The minimum Gasteiger partial charge on any atom is -0.393 e. The molecule has 3 heterocycles. The van der Waals surface area contributed by atoms with Crippen LogP contribution in [0.1, 0.15) is 32.6 Å². The molecule has 13 atom stereocenters. The van der Waals surface area contributed by atoms with E-state index in [1.807, 2.05) is 0 Å². The molecule has 3 N–H and O–H groups in total. The number of hydrogen-bond acceptors (Lipinski definition) is 4. The molecule has 2 spiro atoms. The van der Waals surface area contributed by atoms with E-state index in [2.05, 4.69) is 18.4 Å². The van der Waals surface area contributed by atoms with Crippen LogP contribution in [0.25, 0.3) is 0 Å². The predicted octanol–water partition coefficient (Wildman–Crippen LogP) is 0.764. The van der Waals surface area contributed by atoms with E-state index in [9.17, 15) is 15.3 Å². The molecule has 1 unspecified atom stereocenters. The Kier molecular flexibility index (Phi) is 1.95. The maximum atomic E-state index is 11.3. The van der Waals surface area contributed by atoms with Gasteiger partial charge >= 0.3 is 0 Å². The van der Waals surface area contributed by atoms with E-state index >= 15 is 0 Å². The maximum absolute atomic E-state index is 11.3. The standard InChI is InChI=1S/C20H27NO3/c1-8-10-3-11-16-20-5-9(22)4-18(2)7-21(16)12(14(18)20)6-19(11,17(8)24)15(20)13(10)23/h9-17,22-24H,1,3-7H2,2H3/t9-,10+,11-,12-,13-,14+,15+,16+,17+,18-,19+,20-/m0/s1. The Labute approximate surface area is 142 Å². The van der Waals surface area contributed by atoms with Gasteiger partial charge in [0, 0.05) is 35.9 Å². The van der Waals surface area contributed by atoms with E-state index in [1.54, 1.807) is 0 Å². The van der Waals surface area contributed by atoms with Crippen molar-refractivity contribution in [1.82, 2.24) is 4.90 Å². The minimum absolute atomic E-state index is 0.0358. The highest BCUT2D eigenvalue weighted by molar-refractivity contribution is 5.44. The van der Waals surface area contributed by atoms with Crippen molar-refractivity contribution in [3.63, 3.8) is 0 Å². The summed E-state index contributed by atoms with van der Waals surface area (Å²) in [5.41, 5.74) is 0.970. The average molecular weight is 329 g/mol. The molecule has 24 heavy (non-hydrogen) atoms. The zero-order valence-electron chi connectivity index (χ0n) is 14.2. The van der Waals surface area contributed by atoms with Crippen LogP contribution in [-0.2, 0) is 0 Å². The highest BCUT2D eigenvalue weighted by Gasteiger charge is 2.90. The Morgan fingerprint density at radius 1 is 1.08 bits per heavy atom. The van der Waals surface area contributed by atoms with Crippen molar-refractivity contribution >= 4 is 0 Å². The fourth-order valence-corrected chi connectivity index (χ4v) is 10.6. The summed E-state index contributed by atoms with van der Waals surface area (Å²) in [6.07, 6.45) is 2.76. The van der Waals surface area contributed by atoms with E-state index in [-0.39, 0.29) is 40.3 Å². The molecule has 0 radical (unpaired) electrons. The Morgan fingerprint density at radius 2 is 1.88 bits per heavy atom. The Hall–Kier alpha value is -0.420. The highest BCUT2D eigenvalue weighted by atomic mass is 16.3. The number of aliphatic hydroxyl groups is 3. The van der Waals surface area contributed by atoms with Gasteiger partial charge in [0.15, 0.2) is 0 Å². The first kappa shape index (κ1) is 13.7. The van der Waals surface area contributed by atoms with E-state index in [0.717, 1.165) is 37.8 Å². The lowest BCUT2D eigenvalue weighted by Crippen LogP contribution is -2.69. The van der Waals surface area contributed by atoms with Crippen molar-refractivity contribution in [2.45, 2.75) is 63.0 Å². The summed E-state index contributed by atoms with van der Waals surface area (Å²) in [7, 11) is 0. The van der Waals surface area contributed by atoms with Crippen LogP contribution in [0, 0.1) is 39.9 Å². The van der Waals surface area contributed by atoms with Crippen LogP contribution in [0.4, 0.5) is 0 Å². The summed E-state index contributed by atoms with van der Waals surface area (Å²) >= 11 is 0. The molecule has 6 saturated carbocycles. The molecule has 0 aromatic carbocycles. The van der Waals surface area contributed by atoms with Crippen LogP contribution >= 0.6 is 0 Å². The first-order chi connectivity index (χ1) is 11.4. The molecule has 6 aliphatic carbocycles. The Balaban J connectivity index is 1.54. The van der Waals surface area contributed by atoms with Crippen molar-refractivity contribution < 1.29 is 15.3 Å². The van der Waals surface area contributed by atoms with Crippen molar-refractivity contribution in [2.24, 2.45) is 39.9 Å². The molecular formula is C20H27NO3. The number of nitrogens with zero attached hydrogens (tertiary/aromatic N) is 1. The van der Waals surface area contributed by atoms with Gasteiger partial charge in [-0.25, -0.2) is 0 Å². The molecule has 9 bridgehead atoms. The van der Waals surface area contributed by atoms with Crippen molar-refractivity contribution in [3.8, 4) is 0 Å². The second kappa shape index (κ2) is 3.40. The van der Waals surface area contributed by atoms with Crippen LogP contribution in [0.3, 0.4) is 0 Å². The van der Waals surface area contributed by atoms with Crippen LogP contribution < -0.4 is 0 Å². The molecule has 4 nitrogen and oxygen atoms in total. The summed E-state index contributed by atoms with van der Waals surface area (Å²) in [5.74, 6) is 1.33. The number of piperidine rings is 2. The Bertz CT molecular complexity index is 709. The third kappa shape index (κ3) is 0.960. The highest BCUT2D eigenvalue weighted by Crippen LogP contribution is 2.86. The topological polar surface area (TPSA) is 63.9 Å². The molecule has 0 aromatic rings. The summed E-state index contributed by atoms with van der Waals surface area (Å²) < 4.78 is 0. The van der Waals surface area contributed by atoms with E-state index in [1.165, 1.54) is 0 Å². The normalized spacial score (nSPS) is 76.1. The zero-order chi connectivity index (χ0) is 16.4. The van der Waals surface area contributed by atoms with Crippen LogP contribution in [-0.4, -0.2) is 57.2 Å². The SMILES string of the molecule is C=C1[C@H]2C[C@H]3[C@H]4N5C[C@]6(C)C[C@H](O)C[C@]47[C@H]([C@H]2O)[C@]3(C[C@H]5[C@H]67)[C@@H]1O. The van der Waals surface area contributed by atoms with Gasteiger partial charge in [-0.15, -0.1) is 0 Å². The van der Waals surface area contributed by atoms with Gasteiger partial charge in [0.2, 0.25) is 0 Å². The molecule has 130 valence electrons. The van der Waals surface area contributed by atoms with Gasteiger partial charge in [0.05, 0.1) is 18.3 Å². The van der Waals surface area contributed by atoms with Crippen LogP contribution in [0.15, 0.2) is 12.2 Å². The molecule has 3 aliphatic heterocycles. The summed E-state index contributed by atoms with van der Waals surface area (Å²) in [5, 5.41) is 33.3.